The molecule has 0 fully saturated rings. The highest BCUT2D eigenvalue weighted by Gasteiger charge is 2.02. The molecule has 0 aliphatic carbocycles. The fourth-order valence-electron chi connectivity index (χ4n) is 0.305. The topological polar surface area (TPSA) is 140 Å². The SMILES string of the molecule is O=S(=O)(/N=C([O-])/N=C(\[O-])F)/N=C(\[O-])F. The Bertz CT molecular complexity index is 390. The van der Waals surface area contributed by atoms with Gasteiger partial charge < -0.3 is 15.3 Å². The van der Waals surface area contributed by atoms with E-state index in [-0.39, 0.29) is 0 Å². The lowest BCUT2D eigenvalue weighted by molar-refractivity contribution is -0.238. The van der Waals surface area contributed by atoms with Gasteiger partial charge in [-0.2, -0.15) is 8.42 Å². The molecule has 0 aliphatic rings. The van der Waals surface area contributed by atoms with Crippen molar-refractivity contribution in [3.63, 3.8) is 0 Å². The minimum absolute atomic E-state index is 1.74. The third-order valence-corrected chi connectivity index (χ3v) is 1.33. The molecular weight excluding hydrogens is 228 g/mol. The molecule has 0 saturated carbocycles. The predicted octanol–water partition coefficient (Wildman–Crippen LogP) is -3.68. The van der Waals surface area contributed by atoms with Crippen molar-refractivity contribution >= 4 is 28.5 Å². The van der Waals surface area contributed by atoms with Crippen molar-refractivity contribution in [1.82, 2.24) is 0 Å². The van der Waals surface area contributed by atoms with E-state index in [1.165, 1.54) is 0 Å². The Morgan fingerprint density at radius 1 is 1.00 bits per heavy atom. The number of aliphatic imine (C=N–C) groups is 1. The molecule has 0 heterocycles. The summed E-state index contributed by atoms with van der Waals surface area (Å²) in [4.78, 5) is 1.89. The van der Waals surface area contributed by atoms with E-state index in [9.17, 15) is 32.5 Å². The van der Waals surface area contributed by atoms with Crippen molar-refractivity contribution in [2.45, 2.75) is 0 Å². The number of nitrogens with zero attached hydrogens (tertiary/aromatic N) is 3. The van der Waals surface area contributed by atoms with Crippen LogP contribution in [0, 0.1) is 0 Å². The molecule has 0 aromatic heterocycles. The van der Waals surface area contributed by atoms with E-state index in [4.69, 9.17) is 0 Å². The molecule has 80 valence electrons. The van der Waals surface area contributed by atoms with Crippen LogP contribution in [0.1, 0.15) is 0 Å². The largest absolute Gasteiger partial charge is 0.844 e. The number of amidine groups is 1. The van der Waals surface area contributed by atoms with Gasteiger partial charge in [-0.15, -0.1) is 8.80 Å². The Balaban J connectivity index is 5.01. The van der Waals surface area contributed by atoms with E-state index in [1.54, 1.807) is 4.40 Å². The van der Waals surface area contributed by atoms with Crippen molar-refractivity contribution in [2.24, 2.45) is 13.8 Å². The molecule has 14 heavy (non-hydrogen) atoms. The smallest absolute Gasteiger partial charge is 0.365 e. The molecule has 0 spiro atoms. The standard InChI is InChI=1S/C3H3F2N3O5S/c4-1(9)6-3(11)8-14(12,13)7-2(5)10/h(H,7,10)(H2,6,8,9,11)/p-3. The maximum Gasteiger partial charge on any atom is 0.365 e. The molecule has 0 aliphatic heterocycles. The summed E-state index contributed by atoms with van der Waals surface area (Å²) in [6.07, 6.45) is -5.10. The lowest BCUT2D eigenvalue weighted by atomic mass is 11.1. The van der Waals surface area contributed by atoms with Gasteiger partial charge in [0.25, 0.3) is 0 Å². The minimum Gasteiger partial charge on any atom is -0.844 e. The summed E-state index contributed by atoms with van der Waals surface area (Å²) >= 11 is 0. The van der Waals surface area contributed by atoms with Gasteiger partial charge >= 0.3 is 10.2 Å². The van der Waals surface area contributed by atoms with Crippen LogP contribution in [0.25, 0.3) is 0 Å². The molecular formula is C3F2N3O5S-3. The van der Waals surface area contributed by atoms with Gasteiger partial charge in [-0.25, -0.2) is 13.8 Å². The lowest BCUT2D eigenvalue weighted by Gasteiger charge is -2.05. The van der Waals surface area contributed by atoms with E-state index in [0.717, 1.165) is 0 Å². The van der Waals surface area contributed by atoms with Crippen molar-refractivity contribution < 1.29 is 32.5 Å². The summed E-state index contributed by atoms with van der Waals surface area (Å²) < 4.78 is 47.1. The maximum absolute atomic E-state index is 11.4. The Kier molecular flexibility index (Phi) is 3.89. The van der Waals surface area contributed by atoms with Crippen LogP contribution in [0.15, 0.2) is 13.8 Å². The maximum atomic E-state index is 11.4. The van der Waals surface area contributed by atoms with Crippen LogP contribution in [0.5, 0.6) is 0 Å². The first-order valence-corrected chi connectivity index (χ1v) is 3.98. The Morgan fingerprint density at radius 2 is 1.50 bits per heavy atom. The van der Waals surface area contributed by atoms with Gasteiger partial charge in [0.15, 0.2) is 6.15 Å². The third kappa shape index (κ3) is 5.82. The molecule has 0 amide bonds. The quantitative estimate of drug-likeness (QED) is 0.353. The lowest BCUT2D eigenvalue weighted by Crippen LogP contribution is -2.22. The van der Waals surface area contributed by atoms with Crippen LogP contribution in [0.4, 0.5) is 8.78 Å². The summed E-state index contributed by atoms with van der Waals surface area (Å²) in [5.41, 5.74) is 0. The molecule has 0 rings (SSSR count). The number of hydrogen-bond acceptors (Lipinski definition) is 5. The van der Waals surface area contributed by atoms with Gasteiger partial charge in [-0.3, -0.25) is 0 Å². The first-order chi connectivity index (χ1) is 6.23. The zero-order chi connectivity index (χ0) is 11.4. The van der Waals surface area contributed by atoms with Crippen LogP contribution in [-0.4, -0.2) is 26.7 Å². The van der Waals surface area contributed by atoms with Crippen molar-refractivity contribution in [2.75, 3.05) is 0 Å². The zero-order valence-corrected chi connectivity index (χ0v) is 6.86. The van der Waals surface area contributed by atoms with Gasteiger partial charge in [-0.1, -0.05) is 0 Å². The second kappa shape index (κ2) is 4.45. The first kappa shape index (κ1) is 12.2. The summed E-state index contributed by atoms with van der Waals surface area (Å²) in [7, 11) is -5.06. The Morgan fingerprint density at radius 3 is 1.86 bits per heavy atom. The van der Waals surface area contributed by atoms with Crippen LogP contribution in [-0.2, 0) is 10.2 Å². The van der Waals surface area contributed by atoms with Crippen molar-refractivity contribution in [1.29, 1.82) is 0 Å². The fourth-order valence-corrected chi connectivity index (χ4v) is 0.766. The second-order valence-corrected chi connectivity index (χ2v) is 2.79. The van der Waals surface area contributed by atoms with Crippen LogP contribution in [0.3, 0.4) is 0 Å². The van der Waals surface area contributed by atoms with Gasteiger partial charge in [0.2, 0.25) is 0 Å². The predicted molar refractivity (Wildman–Crippen MR) is 33.4 cm³/mol. The number of hydrogen-bond donors (Lipinski definition) is 0. The second-order valence-electron chi connectivity index (χ2n) is 1.53. The minimum atomic E-state index is -5.06. The van der Waals surface area contributed by atoms with Crippen LogP contribution in [0.2, 0.25) is 0 Å². The molecule has 0 aromatic carbocycles. The molecule has 0 radical (unpaired) electrons. The van der Waals surface area contributed by atoms with E-state index in [1.807, 2.05) is 9.39 Å². The highest BCUT2D eigenvalue weighted by atomic mass is 32.2. The summed E-state index contributed by atoms with van der Waals surface area (Å²) in [6.45, 7) is 0. The average molecular weight is 228 g/mol. The van der Waals surface area contributed by atoms with Gasteiger partial charge in [-0.05, 0) is 0 Å². The van der Waals surface area contributed by atoms with Crippen molar-refractivity contribution in [3.05, 3.63) is 0 Å². The van der Waals surface area contributed by atoms with E-state index < -0.39 is 28.5 Å². The molecule has 8 nitrogen and oxygen atoms in total. The van der Waals surface area contributed by atoms with Crippen LogP contribution >= 0.6 is 0 Å². The van der Waals surface area contributed by atoms with E-state index >= 15 is 0 Å². The highest BCUT2D eigenvalue weighted by molar-refractivity contribution is 7.89. The summed E-state index contributed by atoms with van der Waals surface area (Å²) in [5, 5.41) is 29.2. The number of halogens is 2. The fraction of sp³-hybridized carbons (Fsp3) is 0. The molecule has 0 atom stereocenters. The molecule has 0 aromatic rings. The molecule has 0 saturated heterocycles. The Labute approximate surface area is 75.8 Å². The van der Waals surface area contributed by atoms with Crippen LogP contribution < -0.4 is 15.3 Å². The molecule has 0 N–H and O–H groups in total. The first-order valence-electron chi connectivity index (χ1n) is 2.58. The monoisotopic (exact) mass is 228 g/mol. The van der Waals surface area contributed by atoms with Gasteiger partial charge in [0.05, 0.1) is 6.02 Å². The van der Waals surface area contributed by atoms with Gasteiger partial charge in [0.1, 0.15) is 6.15 Å². The average Bonchev–Trinajstić information content (AvgIpc) is 1.77. The molecule has 0 bridgehead atoms. The van der Waals surface area contributed by atoms with E-state index in [0.29, 0.717) is 0 Å². The highest BCUT2D eigenvalue weighted by Crippen LogP contribution is 1.94. The summed E-state index contributed by atoms with van der Waals surface area (Å²) in [5.74, 6) is 0. The molecule has 0 unspecified atom stereocenters. The van der Waals surface area contributed by atoms with Crippen molar-refractivity contribution in [3.8, 4) is 0 Å². The Hall–Kier alpha value is -1.78. The summed E-state index contributed by atoms with van der Waals surface area (Å²) in [6, 6.07) is -2.05. The van der Waals surface area contributed by atoms with Gasteiger partial charge in [0, 0.05) is 0 Å². The normalized spacial score (nSPS) is 15.7. The van der Waals surface area contributed by atoms with E-state index in [2.05, 4.69) is 0 Å². The molecule has 11 heteroatoms. The number of rotatable bonds is 2. The zero-order valence-electron chi connectivity index (χ0n) is 6.05. The third-order valence-electron chi connectivity index (χ3n) is 0.564.